The van der Waals surface area contributed by atoms with E-state index >= 15 is 4.39 Å². The van der Waals surface area contributed by atoms with Crippen LogP contribution in [-0.2, 0) is 73.9 Å². The maximum absolute atomic E-state index is 15.4. The Morgan fingerprint density at radius 1 is 0.809 bits per heavy atom. The van der Waals surface area contributed by atoms with E-state index < -0.39 is 27.6 Å². The van der Waals surface area contributed by atoms with Crippen LogP contribution in [0.2, 0.25) is 0 Å². The predicted octanol–water partition coefficient (Wildman–Crippen LogP) is 4.39. The molecule has 1 unspecified atom stereocenters. The second-order valence-electron chi connectivity index (χ2n) is 22.4. The van der Waals surface area contributed by atoms with Gasteiger partial charge in [0.1, 0.15) is 5.82 Å². The van der Waals surface area contributed by atoms with E-state index in [0.29, 0.717) is 145 Å². The van der Waals surface area contributed by atoms with Gasteiger partial charge in [0.2, 0.25) is 23.6 Å². The third-order valence-corrected chi connectivity index (χ3v) is 18.7. The minimum Gasteiger partial charge on any atom is -0.379 e. The van der Waals surface area contributed by atoms with E-state index in [2.05, 4.69) is 36.6 Å². The Kier molecular flexibility index (Phi) is 24.3. The number of unbranched alkanes of at least 4 members (excludes halogenated alkanes) is 1. The molecule has 2 aromatic carbocycles. The number of pyridine rings is 1. The zero-order valence-electron chi connectivity index (χ0n) is 50.1. The zero-order chi connectivity index (χ0) is 62.5. The van der Waals surface area contributed by atoms with E-state index in [-0.39, 0.29) is 79.1 Å². The number of ether oxygens (including phenoxy) is 4. The number of fused-ring (bicyclic) bond motifs is 1. The van der Waals surface area contributed by atoms with E-state index in [4.69, 9.17) is 18.9 Å². The highest BCUT2D eigenvalue weighted by Gasteiger charge is 2.42. The van der Waals surface area contributed by atoms with Crippen LogP contribution in [0, 0.1) is 12.7 Å². The van der Waals surface area contributed by atoms with Gasteiger partial charge in [-0.2, -0.15) is 11.8 Å². The number of hydrogen-bond acceptors (Lipinski definition) is 16. The van der Waals surface area contributed by atoms with Crippen molar-refractivity contribution < 1.29 is 60.5 Å². The molecular formula is C62H79FN12O12S2. The second kappa shape index (κ2) is 32.8. The van der Waals surface area contributed by atoms with Gasteiger partial charge in [-0.3, -0.25) is 29.0 Å². The fourth-order valence-electron chi connectivity index (χ4n) is 10.9. The van der Waals surface area contributed by atoms with Gasteiger partial charge in [0.05, 0.1) is 119 Å². The summed E-state index contributed by atoms with van der Waals surface area (Å²) in [6, 6.07) is 18.4. The Morgan fingerprint density at radius 2 is 1.55 bits per heavy atom. The molecule has 7 amide bonds. The topological polar surface area (TPSA) is 280 Å². The number of carbonyl (C=O) groups excluding carboxylic acids is 6. The Labute approximate surface area is 521 Å². The minimum absolute atomic E-state index is 0.00926. The zero-order valence-corrected chi connectivity index (χ0v) is 51.7. The number of nitrogens with zero attached hydrogens (tertiary/aromatic N) is 8. The fraction of sp³-hybridized carbons (Fsp3) is 0.500. The molecule has 0 spiro atoms. The summed E-state index contributed by atoms with van der Waals surface area (Å²) in [6.07, 6.45) is 11.2. The highest BCUT2D eigenvalue weighted by molar-refractivity contribution is 8.00. The number of halogens is 1. The number of sulfone groups is 1. The van der Waals surface area contributed by atoms with Crippen LogP contribution in [-0.4, -0.2) is 204 Å². The van der Waals surface area contributed by atoms with Gasteiger partial charge in [0.15, 0.2) is 9.84 Å². The summed E-state index contributed by atoms with van der Waals surface area (Å²) in [5, 5.41) is 21.7. The van der Waals surface area contributed by atoms with Crippen molar-refractivity contribution in [3.63, 3.8) is 0 Å². The Balaban J connectivity index is 0.575. The van der Waals surface area contributed by atoms with Crippen LogP contribution >= 0.6 is 11.8 Å². The smallest absolute Gasteiger partial charge is 0.315 e. The first kappa shape index (κ1) is 65.9. The Bertz CT molecular complexity index is 3340. The standard InChI is InChI=1S/C62H79FN12O12S2/c1-44-6-5-22-74(44)51-18-15-47(53(63)37-51)36-59(79)75(52-20-35-89(82,83)43-52)39-45-11-13-46(14-12-45)61(80)72-25-23-71(24-26-72)58(78)10-4-7-50-41-73(70-69-50)40-49-17-16-48(38-65-49)66-57(77)19-27-84-29-31-86-33-34-87-32-30-85-28-21-64-56(76)9-3-2-8-55-60-54(42-88-55)67-62(81)68-60/h5-6,11-18,20,22,35,37-38,41,52,54-55,60H,2-4,7-10,19,21,23-34,36,39-40,42-43H2,1H3,(H,64,76)(H,66,77)(H2,67,68,81)/t52?,54-,55-,60-/m0/s1. The maximum atomic E-state index is 15.4. The SMILES string of the molecule is Cc1cccn1-c1ccc(CC(=O)N(Cc2ccc(C(=O)N3CCN(C(=O)CCCc4cn(Cc5ccc(NC(=O)CCOCCOCCOCCOCCNC(=O)CCCC[C@@H]6SC[C@@H]7NC(=O)N[C@@H]76)cn5)nn4)CC3)cc2)C2C=CS(=O)(=O)C2)c(F)c1. The van der Waals surface area contributed by atoms with Gasteiger partial charge >= 0.3 is 6.03 Å². The maximum Gasteiger partial charge on any atom is 0.315 e. The molecule has 478 valence electrons. The fourth-order valence-corrected chi connectivity index (χ4v) is 13.8. The van der Waals surface area contributed by atoms with Gasteiger partial charge in [-0.1, -0.05) is 29.8 Å². The monoisotopic (exact) mass is 1270 g/mol. The molecule has 4 N–H and O–H groups in total. The molecule has 4 aliphatic heterocycles. The summed E-state index contributed by atoms with van der Waals surface area (Å²) >= 11 is 1.88. The highest BCUT2D eigenvalue weighted by Crippen LogP contribution is 2.33. The molecule has 4 atom stereocenters. The lowest BCUT2D eigenvalue weighted by Crippen LogP contribution is -2.50. The van der Waals surface area contributed by atoms with Gasteiger partial charge in [0, 0.05) is 97.9 Å². The van der Waals surface area contributed by atoms with E-state index in [1.165, 1.54) is 17.0 Å². The average Bonchev–Trinajstić information content (AvgIpc) is 4.14. The number of rotatable bonds is 34. The van der Waals surface area contributed by atoms with Crippen LogP contribution in [0.3, 0.4) is 0 Å². The van der Waals surface area contributed by atoms with E-state index in [1.807, 2.05) is 47.8 Å². The summed E-state index contributed by atoms with van der Waals surface area (Å²) in [5.74, 6) is -0.722. The summed E-state index contributed by atoms with van der Waals surface area (Å²) in [4.78, 5) is 86.2. The number of urea groups is 1. The van der Waals surface area contributed by atoms with Crippen molar-refractivity contribution in [2.24, 2.45) is 0 Å². The number of amides is 7. The van der Waals surface area contributed by atoms with Crippen LogP contribution in [0.5, 0.6) is 0 Å². The lowest BCUT2D eigenvalue weighted by Gasteiger charge is -2.35. The lowest BCUT2D eigenvalue weighted by molar-refractivity contribution is -0.133. The van der Waals surface area contributed by atoms with Crippen LogP contribution in [0.25, 0.3) is 5.69 Å². The number of piperazine rings is 1. The minimum atomic E-state index is -3.51. The van der Waals surface area contributed by atoms with Crippen LogP contribution in [0.1, 0.15) is 83.5 Å². The molecule has 7 heterocycles. The second-order valence-corrected chi connectivity index (χ2v) is 25.6. The summed E-state index contributed by atoms with van der Waals surface area (Å²) in [7, 11) is -3.51. The third-order valence-electron chi connectivity index (χ3n) is 15.8. The summed E-state index contributed by atoms with van der Waals surface area (Å²) in [6.45, 7) is 7.18. The molecule has 3 aromatic heterocycles. The van der Waals surface area contributed by atoms with Crippen molar-refractivity contribution in [1.29, 1.82) is 0 Å². The quantitative estimate of drug-likeness (QED) is 0.0328. The first-order valence-corrected chi connectivity index (χ1v) is 33.1. The van der Waals surface area contributed by atoms with Gasteiger partial charge < -0.3 is 59.5 Å². The van der Waals surface area contributed by atoms with E-state index in [9.17, 15) is 37.2 Å². The number of aryl methyl sites for hydroxylation is 2. The number of benzene rings is 2. The van der Waals surface area contributed by atoms with Crippen LogP contribution in [0.15, 0.2) is 96.8 Å². The summed E-state index contributed by atoms with van der Waals surface area (Å²) < 4.78 is 65.9. The largest absolute Gasteiger partial charge is 0.379 e. The van der Waals surface area contributed by atoms with Crippen LogP contribution < -0.4 is 21.3 Å². The molecule has 3 fully saturated rings. The van der Waals surface area contributed by atoms with Crippen molar-refractivity contribution in [3.05, 3.63) is 136 Å². The molecular weight excluding hydrogens is 1190 g/mol. The normalized spacial score (nSPS) is 18.4. The van der Waals surface area contributed by atoms with Crippen molar-refractivity contribution in [3.8, 4) is 5.69 Å². The van der Waals surface area contributed by atoms with Crippen molar-refractivity contribution in [2.45, 2.75) is 101 Å². The van der Waals surface area contributed by atoms with Gasteiger partial charge in [0.25, 0.3) is 5.91 Å². The highest BCUT2D eigenvalue weighted by atomic mass is 32.2. The van der Waals surface area contributed by atoms with Crippen molar-refractivity contribution >= 4 is 62.9 Å². The first-order chi connectivity index (χ1) is 43.1. The molecule has 0 radical (unpaired) electrons. The first-order valence-electron chi connectivity index (χ1n) is 30.3. The molecule has 27 heteroatoms. The lowest BCUT2D eigenvalue weighted by atomic mass is 10.0. The molecule has 5 aromatic rings. The van der Waals surface area contributed by atoms with Gasteiger partial charge in [-0.25, -0.2) is 22.3 Å². The third kappa shape index (κ3) is 20.0. The van der Waals surface area contributed by atoms with Crippen molar-refractivity contribution in [1.82, 2.24) is 55.2 Å². The van der Waals surface area contributed by atoms with E-state index in [0.717, 1.165) is 41.8 Å². The number of hydrogen-bond donors (Lipinski definition) is 4. The Morgan fingerprint density at radius 3 is 2.25 bits per heavy atom. The van der Waals surface area contributed by atoms with E-state index in [1.54, 1.807) is 69.2 Å². The molecule has 0 saturated carbocycles. The molecule has 9 rings (SSSR count). The Hall–Kier alpha value is -7.56. The van der Waals surface area contributed by atoms with Gasteiger partial charge in [-0.05, 0) is 98.3 Å². The molecule has 3 saturated heterocycles. The number of nitrogens with one attached hydrogen (secondary N) is 4. The molecule has 0 aliphatic carbocycles. The number of aromatic nitrogens is 5. The molecule has 0 bridgehead atoms. The van der Waals surface area contributed by atoms with Crippen LogP contribution in [0.4, 0.5) is 14.9 Å². The average molecular weight is 1270 g/mol. The predicted molar refractivity (Wildman–Crippen MR) is 330 cm³/mol. The number of thioether (sulfide) groups is 1. The summed E-state index contributed by atoms with van der Waals surface area (Å²) in [5.41, 5.74) is 4.84. The number of carbonyl (C=O) groups is 6. The van der Waals surface area contributed by atoms with Gasteiger partial charge in [-0.15, -0.1) is 5.10 Å². The van der Waals surface area contributed by atoms with Crippen molar-refractivity contribution in [2.75, 3.05) is 102 Å². The molecule has 24 nitrogen and oxygen atoms in total. The number of anilines is 1. The molecule has 89 heavy (non-hydrogen) atoms. The molecule has 4 aliphatic rings.